The Hall–Kier alpha value is -0.750. The van der Waals surface area contributed by atoms with Gasteiger partial charge in [0.15, 0.2) is 5.58 Å². The van der Waals surface area contributed by atoms with Crippen molar-refractivity contribution in [3.05, 3.63) is 18.0 Å². The molecule has 0 amide bonds. The summed E-state index contributed by atoms with van der Waals surface area (Å²) in [6.07, 6.45) is 3.68. The zero-order valence-electron chi connectivity index (χ0n) is 5.64. The molecule has 0 aliphatic rings. The van der Waals surface area contributed by atoms with Crippen LogP contribution in [0.3, 0.4) is 0 Å². The third kappa shape index (κ3) is 0.627. The SMILES string of the molecule is Cc1c[nH]c2c(P)coc12. The van der Waals surface area contributed by atoms with Crippen molar-refractivity contribution < 1.29 is 4.42 Å². The minimum atomic E-state index is 0.963. The lowest BCUT2D eigenvalue weighted by Crippen LogP contribution is -1.82. The average molecular weight is 153 g/mol. The Balaban J connectivity index is 2.95. The van der Waals surface area contributed by atoms with Gasteiger partial charge >= 0.3 is 0 Å². The highest BCUT2D eigenvalue weighted by molar-refractivity contribution is 7.28. The number of aromatic amines is 1. The van der Waals surface area contributed by atoms with Crippen molar-refractivity contribution in [3.63, 3.8) is 0 Å². The van der Waals surface area contributed by atoms with E-state index in [4.69, 9.17) is 4.42 Å². The molecule has 2 rings (SSSR count). The molecular weight excluding hydrogens is 145 g/mol. The van der Waals surface area contributed by atoms with Gasteiger partial charge < -0.3 is 9.40 Å². The number of hydrogen-bond donors (Lipinski definition) is 1. The number of fused-ring (bicyclic) bond motifs is 1. The van der Waals surface area contributed by atoms with Gasteiger partial charge in [-0.05, 0) is 6.92 Å². The van der Waals surface area contributed by atoms with E-state index in [2.05, 4.69) is 14.2 Å². The molecule has 52 valence electrons. The van der Waals surface area contributed by atoms with E-state index in [1.807, 2.05) is 13.1 Å². The van der Waals surface area contributed by atoms with Gasteiger partial charge in [0.25, 0.3) is 0 Å². The van der Waals surface area contributed by atoms with Crippen LogP contribution in [-0.4, -0.2) is 4.98 Å². The molecule has 0 saturated carbocycles. The van der Waals surface area contributed by atoms with Crippen LogP contribution in [0.15, 0.2) is 16.9 Å². The van der Waals surface area contributed by atoms with Crippen LogP contribution in [0.25, 0.3) is 11.1 Å². The highest BCUT2D eigenvalue weighted by Gasteiger charge is 2.04. The van der Waals surface area contributed by atoms with E-state index < -0.39 is 0 Å². The van der Waals surface area contributed by atoms with E-state index in [0.29, 0.717) is 0 Å². The molecule has 0 spiro atoms. The van der Waals surface area contributed by atoms with Gasteiger partial charge in [0, 0.05) is 17.1 Å². The van der Waals surface area contributed by atoms with Crippen molar-refractivity contribution in [2.45, 2.75) is 6.92 Å². The van der Waals surface area contributed by atoms with Gasteiger partial charge in [-0.3, -0.25) is 0 Å². The van der Waals surface area contributed by atoms with Crippen LogP contribution in [0, 0.1) is 6.92 Å². The smallest absolute Gasteiger partial charge is 0.155 e. The third-order valence-electron chi connectivity index (χ3n) is 1.61. The molecule has 0 saturated heterocycles. The van der Waals surface area contributed by atoms with Gasteiger partial charge in [0.2, 0.25) is 0 Å². The molecule has 1 N–H and O–H groups in total. The van der Waals surface area contributed by atoms with Crippen molar-refractivity contribution in [2.24, 2.45) is 0 Å². The molecule has 0 aromatic carbocycles. The molecule has 2 nitrogen and oxygen atoms in total. The number of rotatable bonds is 0. The summed E-state index contributed by atoms with van der Waals surface area (Å²) in [5.41, 5.74) is 3.20. The summed E-state index contributed by atoms with van der Waals surface area (Å²) in [4.78, 5) is 3.12. The van der Waals surface area contributed by atoms with E-state index in [-0.39, 0.29) is 0 Å². The quantitative estimate of drug-likeness (QED) is 0.572. The standard InChI is InChI=1S/C7H8NOP/c1-4-2-8-6-5(10)3-9-7(4)6/h2-3,8H,10H2,1H3. The van der Waals surface area contributed by atoms with Crippen LogP contribution >= 0.6 is 9.24 Å². The Morgan fingerprint density at radius 3 is 3.10 bits per heavy atom. The predicted molar refractivity (Wildman–Crippen MR) is 44.6 cm³/mol. The average Bonchev–Trinajstić information content (AvgIpc) is 2.41. The molecule has 2 heterocycles. The van der Waals surface area contributed by atoms with Gasteiger partial charge in [0.05, 0.1) is 5.52 Å². The maximum absolute atomic E-state index is 5.27. The summed E-state index contributed by atoms with van der Waals surface area (Å²) in [7, 11) is 2.62. The number of nitrogens with one attached hydrogen (secondary N) is 1. The normalized spacial score (nSPS) is 11.0. The van der Waals surface area contributed by atoms with E-state index in [1.165, 1.54) is 0 Å². The van der Waals surface area contributed by atoms with Crippen LogP contribution in [0.4, 0.5) is 0 Å². The van der Waals surface area contributed by atoms with Crippen molar-refractivity contribution in [1.82, 2.24) is 4.98 Å². The first-order valence-corrected chi connectivity index (χ1v) is 3.67. The van der Waals surface area contributed by atoms with E-state index in [9.17, 15) is 0 Å². The second kappa shape index (κ2) is 1.86. The number of aryl methyl sites for hydroxylation is 1. The summed E-state index contributed by atoms with van der Waals surface area (Å²) in [5, 5.41) is 1.09. The largest absolute Gasteiger partial charge is 0.462 e. The van der Waals surface area contributed by atoms with Gasteiger partial charge in [0.1, 0.15) is 6.26 Å². The van der Waals surface area contributed by atoms with Crippen LogP contribution < -0.4 is 5.30 Å². The predicted octanol–water partition coefficient (Wildman–Crippen LogP) is 1.57. The van der Waals surface area contributed by atoms with Gasteiger partial charge in [-0.2, -0.15) is 0 Å². The fourth-order valence-corrected chi connectivity index (χ4v) is 1.34. The summed E-state index contributed by atoms with van der Waals surface area (Å²) in [5.74, 6) is 0. The van der Waals surface area contributed by atoms with E-state index in [0.717, 1.165) is 22.0 Å². The van der Waals surface area contributed by atoms with Crippen LogP contribution in [0.2, 0.25) is 0 Å². The molecular formula is C7H8NOP. The molecule has 1 atom stereocenters. The molecule has 0 fully saturated rings. The highest BCUT2D eigenvalue weighted by Crippen LogP contribution is 2.17. The second-order valence-electron chi connectivity index (χ2n) is 2.37. The number of aromatic nitrogens is 1. The summed E-state index contributed by atoms with van der Waals surface area (Å²) in [6, 6.07) is 0. The van der Waals surface area contributed by atoms with Crippen LogP contribution in [-0.2, 0) is 0 Å². The Kier molecular flexibility index (Phi) is 1.12. The molecule has 2 aromatic rings. The number of H-pyrrole nitrogens is 1. The lowest BCUT2D eigenvalue weighted by molar-refractivity contribution is 0.616. The maximum atomic E-state index is 5.27. The Labute approximate surface area is 60.8 Å². The molecule has 3 heteroatoms. The van der Waals surface area contributed by atoms with Crippen molar-refractivity contribution in [3.8, 4) is 0 Å². The Morgan fingerprint density at radius 1 is 1.60 bits per heavy atom. The maximum Gasteiger partial charge on any atom is 0.155 e. The van der Waals surface area contributed by atoms with Crippen molar-refractivity contribution in [1.29, 1.82) is 0 Å². The van der Waals surface area contributed by atoms with Crippen molar-refractivity contribution >= 4 is 25.6 Å². The van der Waals surface area contributed by atoms with E-state index >= 15 is 0 Å². The summed E-state index contributed by atoms with van der Waals surface area (Å²) >= 11 is 0. The molecule has 0 radical (unpaired) electrons. The minimum Gasteiger partial charge on any atom is -0.462 e. The zero-order chi connectivity index (χ0) is 7.14. The fourth-order valence-electron chi connectivity index (χ4n) is 1.06. The van der Waals surface area contributed by atoms with E-state index in [1.54, 1.807) is 6.26 Å². The van der Waals surface area contributed by atoms with Gasteiger partial charge in [-0.15, -0.1) is 0 Å². The second-order valence-corrected chi connectivity index (χ2v) is 2.99. The van der Waals surface area contributed by atoms with Gasteiger partial charge in [-0.25, -0.2) is 0 Å². The first-order valence-electron chi connectivity index (χ1n) is 3.09. The molecule has 0 aliphatic carbocycles. The first kappa shape index (κ1) is 5.99. The molecule has 0 aliphatic heterocycles. The highest BCUT2D eigenvalue weighted by atomic mass is 31.0. The Bertz CT molecular complexity index is 324. The summed E-state index contributed by atoms with van der Waals surface area (Å²) < 4.78 is 5.27. The third-order valence-corrected chi connectivity index (χ3v) is 2.04. The fraction of sp³-hybridized carbons (Fsp3) is 0.143. The number of hydrogen-bond acceptors (Lipinski definition) is 1. The van der Waals surface area contributed by atoms with Gasteiger partial charge in [-0.1, -0.05) is 9.24 Å². The van der Waals surface area contributed by atoms with Crippen LogP contribution in [0.5, 0.6) is 0 Å². The first-order chi connectivity index (χ1) is 4.79. The summed E-state index contributed by atoms with van der Waals surface area (Å²) in [6.45, 7) is 2.02. The lowest BCUT2D eigenvalue weighted by Gasteiger charge is -1.76. The molecule has 0 bridgehead atoms. The number of furan rings is 1. The zero-order valence-corrected chi connectivity index (χ0v) is 6.79. The Morgan fingerprint density at radius 2 is 2.40 bits per heavy atom. The van der Waals surface area contributed by atoms with Crippen LogP contribution in [0.1, 0.15) is 5.56 Å². The minimum absolute atomic E-state index is 0.963. The molecule has 1 unspecified atom stereocenters. The van der Waals surface area contributed by atoms with Crippen molar-refractivity contribution in [2.75, 3.05) is 0 Å². The monoisotopic (exact) mass is 153 g/mol. The lowest BCUT2D eigenvalue weighted by atomic mass is 10.3. The molecule has 2 aromatic heterocycles. The molecule has 10 heavy (non-hydrogen) atoms. The topological polar surface area (TPSA) is 28.9 Å².